The summed E-state index contributed by atoms with van der Waals surface area (Å²) in [7, 11) is 0. The van der Waals surface area contributed by atoms with Crippen molar-refractivity contribution in [3.63, 3.8) is 0 Å². The van der Waals surface area contributed by atoms with Gasteiger partial charge in [0.15, 0.2) is 0 Å². The highest BCUT2D eigenvalue weighted by Crippen LogP contribution is 2.42. The van der Waals surface area contributed by atoms with E-state index in [9.17, 15) is 10.1 Å². The third kappa shape index (κ3) is 2.97. The Bertz CT molecular complexity index is 649. The van der Waals surface area contributed by atoms with E-state index in [0.717, 1.165) is 0 Å². The maximum absolute atomic E-state index is 11.1. The Morgan fingerprint density at radius 1 is 1.32 bits per heavy atom. The number of halogens is 2. The number of hydrogen-bond acceptors (Lipinski definition) is 4. The molecule has 7 heteroatoms. The van der Waals surface area contributed by atoms with Crippen LogP contribution in [0.5, 0.6) is 11.5 Å². The number of nitro groups is 1. The van der Waals surface area contributed by atoms with Crippen LogP contribution in [0.1, 0.15) is 0 Å². The third-order valence-electron chi connectivity index (χ3n) is 2.31. The van der Waals surface area contributed by atoms with Crippen molar-refractivity contribution in [1.29, 1.82) is 0 Å². The lowest BCUT2D eigenvalue weighted by Crippen LogP contribution is -1.99. The number of ether oxygens (including phenoxy) is 1. The molecule has 0 bridgehead atoms. The molecule has 0 unspecified atom stereocenters. The van der Waals surface area contributed by atoms with Crippen molar-refractivity contribution in [2.75, 3.05) is 5.73 Å². The molecule has 98 valence electrons. The molecule has 0 atom stereocenters. The molecule has 0 amide bonds. The van der Waals surface area contributed by atoms with Gasteiger partial charge < -0.3 is 10.5 Å². The minimum absolute atomic E-state index is 0.0326. The second kappa shape index (κ2) is 5.46. The standard InChI is InChI=1S/C12H8BrClN2O3/c13-9-4-5-10(15)11(16(17)18)12(9)19-8-3-1-2-7(14)6-8/h1-6H,15H2. The fraction of sp³-hybridized carbons (Fsp3) is 0. The van der Waals surface area contributed by atoms with Crippen LogP contribution in [-0.2, 0) is 0 Å². The van der Waals surface area contributed by atoms with E-state index in [0.29, 0.717) is 15.2 Å². The van der Waals surface area contributed by atoms with Crippen LogP contribution in [0, 0.1) is 10.1 Å². The Labute approximate surface area is 122 Å². The minimum Gasteiger partial charge on any atom is -0.449 e. The predicted molar refractivity (Wildman–Crippen MR) is 76.7 cm³/mol. The van der Waals surface area contributed by atoms with Gasteiger partial charge in [0.05, 0.1) is 9.40 Å². The average molecular weight is 344 g/mol. The highest BCUT2D eigenvalue weighted by Gasteiger charge is 2.23. The van der Waals surface area contributed by atoms with E-state index in [2.05, 4.69) is 15.9 Å². The molecule has 0 saturated heterocycles. The summed E-state index contributed by atoms with van der Waals surface area (Å²) in [6, 6.07) is 9.59. The van der Waals surface area contributed by atoms with Gasteiger partial charge in [-0.2, -0.15) is 0 Å². The third-order valence-corrected chi connectivity index (χ3v) is 3.17. The first-order valence-corrected chi connectivity index (χ1v) is 6.32. The summed E-state index contributed by atoms with van der Waals surface area (Å²) in [4.78, 5) is 10.5. The summed E-state index contributed by atoms with van der Waals surface area (Å²) in [5.41, 5.74) is 5.36. The zero-order chi connectivity index (χ0) is 14.0. The van der Waals surface area contributed by atoms with Gasteiger partial charge in [-0.05, 0) is 46.3 Å². The Hall–Kier alpha value is -1.79. The van der Waals surface area contributed by atoms with Crippen molar-refractivity contribution in [2.45, 2.75) is 0 Å². The number of anilines is 1. The highest BCUT2D eigenvalue weighted by molar-refractivity contribution is 9.10. The number of rotatable bonds is 3. The van der Waals surface area contributed by atoms with E-state index in [1.807, 2.05) is 0 Å². The lowest BCUT2D eigenvalue weighted by molar-refractivity contribution is -0.384. The smallest absolute Gasteiger partial charge is 0.335 e. The summed E-state index contributed by atoms with van der Waals surface area (Å²) in [6.07, 6.45) is 0. The summed E-state index contributed by atoms with van der Waals surface area (Å²) in [6.45, 7) is 0. The summed E-state index contributed by atoms with van der Waals surface area (Å²) in [5.74, 6) is 0.439. The lowest BCUT2D eigenvalue weighted by Gasteiger charge is -2.09. The van der Waals surface area contributed by atoms with Gasteiger partial charge in [0.25, 0.3) is 0 Å². The van der Waals surface area contributed by atoms with Crippen molar-refractivity contribution in [2.24, 2.45) is 0 Å². The van der Waals surface area contributed by atoms with Crippen molar-refractivity contribution < 1.29 is 9.66 Å². The molecule has 2 aromatic carbocycles. The molecule has 0 radical (unpaired) electrons. The van der Waals surface area contributed by atoms with Crippen LogP contribution in [0.3, 0.4) is 0 Å². The Morgan fingerprint density at radius 2 is 2.05 bits per heavy atom. The molecule has 0 aromatic heterocycles. The monoisotopic (exact) mass is 342 g/mol. The maximum Gasteiger partial charge on any atom is 0.335 e. The van der Waals surface area contributed by atoms with Gasteiger partial charge in [-0.25, -0.2) is 0 Å². The first-order valence-electron chi connectivity index (χ1n) is 5.15. The number of nitro benzene ring substituents is 1. The molecule has 0 spiro atoms. The molecule has 0 fully saturated rings. The van der Waals surface area contributed by atoms with E-state index in [4.69, 9.17) is 22.1 Å². The van der Waals surface area contributed by atoms with Crippen LogP contribution in [0.4, 0.5) is 11.4 Å². The van der Waals surface area contributed by atoms with E-state index in [-0.39, 0.29) is 17.1 Å². The van der Waals surface area contributed by atoms with Crippen LogP contribution in [0.15, 0.2) is 40.9 Å². The fourth-order valence-corrected chi connectivity index (χ4v) is 2.08. The summed E-state index contributed by atoms with van der Waals surface area (Å²) >= 11 is 9.04. The normalized spacial score (nSPS) is 10.2. The van der Waals surface area contributed by atoms with Crippen LogP contribution in [-0.4, -0.2) is 4.92 Å². The molecule has 19 heavy (non-hydrogen) atoms. The average Bonchev–Trinajstić information content (AvgIpc) is 2.33. The van der Waals surface area contributed by atoms with Gasteiger partial charge in [-0.3, -0.25) is 10.1 Å². The largest absolute Gasteiger partial charge is 0.449 e. The number of nitrogens with zero attached hydrogens (tertiary/aromatic N) is 1. The maximum atomic E-state index is 11.1. The van der Waals surface area contributed by atoms with Crippen molar-refractivity contribution in [3.05, 3.63) is 56.0 Å². The number of hydrogen-bond donors (Lipinski definition) is 1. The zero-order valence-electron chi connectivity index (χ0n) is 9.47. The number of benzene rings is 2. The van der Waals surface area contributed by atoms with Crippen molar-refractivity contribution >= 4 is 38.9 Å². The van der Waals surface area contributed by atoms with E-state index >= 15 is 0 Å². The fourth-order valence-electron chi connectivity index (χ4n) is 1.50. The molecule has 0 saturated carbocycles. The van der Waals surface area contributed by atoms with Gasteiger partial charge in [-0.1, -0.05) is 17.7 Å². The molecule has 5 nitrogen and oxygen atoms in total. The summed E-state index contributed by atoms with van der Waals surface area (Å²) in [5, 5.41) is 11.5. The first-order chi connectivity index (χ1) is 8.99. The molecule has 0 aliphatic heterocycles. The summed E-state index contributed by atoms with van der Waals surface area (Å²) < 4.78 is 5.95. The number of nitrogen functional groups attached to an aromatic ring is 1. The predicted octanol–water partition coefficient (Wildman–Crippen LogP) is 4.39. The molecule has 2 rings (SSSR count). The van der Waals surface area contributed by atoms with Crippen LogP contribution >= 0.6 is 27.5 Å². The van der Waals surface area contributed by atoms with E-state index in [1.54, 1.807) is 30.3 Å². The quantitative estimate of drug-likeness (QED) is 0.509. The van der Waals surface area contributed by atoms with Gasteiger partial charge >= 0.3 is 5.69 Å². The van der Waals surface area contributed by atoms with E-state index < -0.39 is 4.92 Å². The van der Waals surface area contributed by atoms with E-state index in [1.165, 1.54) is 6.07 Å². The van der Waals surface area contributed by atoms with Crippen LogP contribution in [0.2, 0.25) is 5.02 Å². The molecular formula is C12H8BrClN2O3. The Kier molecular flexibility index (Phi) is 3.92. The number of nitrogens with two attached hydrogens (primary N) is 1. The molecule has 0 aliphatic carbocycles. The lowest BCUT2D eigenvalue weighted by atomic mass is 10.2. The molecule has 0 heterocycles. The second-order valence-electron chi connectivity index (χ2n) is 3.63. The topological polar surface area (TPSA) is 78.4 Å². The van der Waals surface area contributed by atoms with Crippen LogP contribution in [0.25, 0.3) is 0 Å². The van der Waals surface area contributed by atoms with Crippen LogP contribution < -0.4 is 10.5 Å². The zero-order valence-corrected chi connectivity index (χ0v) is 11.8. The van der Waals surface area contributed by atoms with Gasteiger partial charge in [-0.15, -0.1) is 0 Å². The Morgan fingerprint density at radius 3 is 2.68 bits per heavy atom. The van der Waals surface area contributed by atoms with Crippen molar-refractivity contribution in [1.82, 2.24) is 0 Å². The second-order valence-corrected chi connectivity index (χ2v) is 4.92. The Balaban J connectivity index is 2.50. The SMILES string of the molecule is Nc1ccc(Br)c(Oc2cccc(Cl)c2)c1[N+](=O)[O-]. The highest BCUT2D eigenvalue weighted by atomic mass is 79.9. The van der Waals surface area contributed by atoms with Gasteiger partial charge in [0.2, 0.25) is 5.75 Å². The van der Waals surface area contributed by atoms with Crippen molar-refractivity contribution in [3.8, 4) is 11.5 Å². The molecule has 2 aromatic rings. The molecule has 2 N–H and O–H groups in total. The first kappa shape index (κ1) is 13.6. The van der Waals surface area contributed by atoms with Gasteiger partial charge in [0, 0.05) is 5.02 Å². The minimum atomic E-state index is -0.583. The molecular weight excluding hydrogens is 336 g/mol. The van der Waals surface area contributed by atoms with Gasteiger partial charge in [0.1, 0.15) is 11.4 Å². The molecule has 0 aliphatic rings.